The van der Waals surface area contributed by atoms with Gasteiger partial charge in [0, 0.05) is 43.2 Å². The van der Waals surface area contributed by atoms with Crippen molar-refractivity contribution in [2.75, 3.05) is 4.90 Å². The van der Waals surface area contributed by atoms with Crippen LogP contribution in [0.4, 0.5) is 17.1 Å². The fourth-order valence-electron chi connectivity index (χ4n) is 9.33. The van der Waals surface area contributed by atoms with E-state index in [9.17, 15) is 0 Å². The number of benzene rings is 9. The molecule has 0 atom stereocenters. The number of anilines is 3. The highest BCUT2D eigenvalue weighted by molar-refractivity contribution is 7.26. The molecule has 2 nitrogen and oxygen atoms in total. The molecule has 0 radical (unpaired) electrons. The highest BCUT2D eigenvalue weighted by Gasteiger charge is 2.21. The molecular formula is C58H38N2S. The number of aromatic nitrogens is 1. The molecule has 3 heterocycles. The van der Waals surface area contributed by atoms with Gasteiger partial charge in [0.15, 0.2) is 0 Å². The quantitative estimate of drug-likeness (QED) is 0.156. The molecule has 0 bridgehead atoms. The first-order valence-electron chi connectivity index (χ1n) is 20.8. The zero-order valence-corrected chi connectivity index (χ0v) is 34.1. The maximum atomic E-state index is 2.48. The lowest BCUT2D eigenvalue weighted by Gasteiger charge is -2.26. The van der Waals surface area contributed by atoms with Gasteiger partial charge in [-0.2, -0.15) is 0 Å². The van der Waals surface area contributed by atoms with Crippen molar-refractivity contribution in [2.45, 2.75) is 0 Å². The third-order valence-corrected chi connectivity index (χ3v) is 13.4. The topological polar surface area (TPSA) is 7.65 Å². The standard InChI is InChI=1S/C58H38N2S/c1-3-14-39(15-4-1)40-26-28-41(29-27-40)42-30-34-46(35-31-42)59(53-24-13-22-50-49-20-10-12-25-55(49)61-58(50)53)47-36-32-44(33-37-47)57-48-19-8-7-18-45(48)38-54-56(43-16-5-2-6-17-43)51-21-9-11-23-52(51)60(54)57/h1-38H. The molecule has 0 saturated heterocycles. The average molecular weight is 795 g/mol. The monoisotopic (exact) mass is 794 g/mol. The smallest absolute Gasteiger partial charge is 0.0640 e. The van der Waals surface area contributed by atoms with E-state index in [2.05, 4.69) is 240 Å². The number of thiophene rings is 1. The molecule has 286 valence electrons. The summed E-state index contributed by atoms with van der Waals surface area (Å²) in [5.41, 5.74) is 15.5. The van der Waals surface area contributed by atoms with E-state index in [0.717, 1.165) is 11.4 Å². The van der Waals surface area contributed by atoms with Crippen molar-refractivity contribution in [3.05, 3.63) is 231 Å². The summed E-state index contributed by atoms with van der Waals surface area (Å²) >= 11 is 1.86. The highest BCUT2D eigenvalue weighted by Crippen LogP contribution is 2.46. The summed E-state index contributed by atoms with van der Waals surface area (Å²) in [4.78, 5) is 2.43. The first-order valence-corrected chi connectivity index (χ1v) is 21.7. The summed E-state index contributed by atoms with van der Waals surface area (Å²) < 4.78 is 5.05. The molecule has 0 saturated carbocycles. The van der Waals surface area contributed by atoms with Gasteiger partial charge in [0.2, 0.25) is 0 Å². The van der Waals surface area contributed by atoms with Crippen molar-refractivity contribution in [1.82, 2.24) is 4.40 Å². The molecule has 0 aliphatic heterocycles. The first-order chi connectivity index (χ1) is 30.3. The number of hydrogen-bond donors (Lipinski definition) is 0. The summed E-state index contributed by atoms with van der Waals surface area (Å²) in [7, 11) is 0. The van der Waals surface area contributed by atoms with Crippen LogP contribution in [-0.2, 0) is 0 Å². The van der Waals surface area contributed by atoms with Crippen molar-refractivity contribution in [2.24, 2.45) is 0 Å². The van der Waals surface area contributed by atoms with Crippen molar-refractivity contribution in [3.63, 3.8) is 0 Å². The molecule has 0 amide bonds. The molecule has 0 spiro atoms. The van der Waals surface area contributed by atoms with Gasteiger partial charge in [-0.1, -0.05) is 182 Å². The Labute approximate surface area is 358 Å². The summed E-state index contributed by atoms with van der Waals surface area (Å²) in [5, 5.41) is 6.27. The van der Waals surface area contributed by atoms with Gasteiger partial charge < -0.3 is 9.30 Å². The van der Waals surface area contributed by atoms with E-state index in [1.165, 1.54) is 97.7 Å². The molecular weight excluding hydrogens is 757 g/mol. The summed E-state index contributed by atoms with van der Waals surface area (Å²) in [5.74, 6) is 0. The SMILES string of the molecule is c1ccc(-c2ccc(-c3ccc(N(c4ccc(-c5c6ccccc6cc6c(-c7ccccc7)c7ccccc7n56)cc4)c4cccc5c4sc4ccccc45)cc3)cc2)cc1. The lowest BCUT2D eigenvalue weighted by Crippen LogP contribution is -2.10. The summed E-state index contributed by atoms with van der Waals surface area (Å²) in [6.07, 6.45) is 0. The van der Waals surface area contributed by atoms with E-state index >= 15 is 0 Å². The van der Waals surface area contributed by atoms with Gasteiger partial charge in [-0.3, -0.25) is 0 Å². The van der Waals surface area contributed by atoms with E-state index in [1.807, 2.05) is 11.3 Å². The van der Waals surface area contributed by atoms with E-state index in [1.54, 1.807) is 0 Å². The molecule has 12 rings (SSSR count). The molecule has 0 aliphatic carbocycles. The van der Waals surface area contributed by atoms with Gasteiger partial charge in [-0.15, -0.1) is 11.3 Å². The number of hydrogen-bond acceptors (Lipinski definition) is 2. The van der Waals surface area contributed by atoms with Crippen LogP contribution in [0.15, 0.2) is 231 Å². The van der Waals surface area contributed by atoms with Crippen LogP contribution < -0.4 is 4.90 Å². The third kappa shape index (κ3) is 5.93. The maximum Gasteiger partial charge on any atom is 0.0640 e. The lowest BCUT2D eigenvalue weighted by molar-refractivity contribution is 1.27. The van der Waals surface area contributed by atoms with E-state index in [4.69, 9.17) is 0 Å². The Morgan fingerprint density at radius 1 is 0.344 bits per heavy atom. The minimum atomic E-state index is 1.10. The molecule has 61 heavy (non-hydrogen) atoms. The minimum Gasteiger partial charge on any atom is -0.309 e. The summed E-state index contributed by atoms with van der Waals surface area (Å²) in [6, 6.07) is 84.1. The predicted octanol–water partition coefficient (Wildman–Crippen LogP) is 16.8. The Morgan fingerprint density at radius 3 is 1.54 bits per heavy atom. The Morgan fingerprint density at radius 2 is 0.852 bits per heavy atom. The lowest BCUT2D eigenvalue weighted by atomic mass is 9.99. The average Bonchev–Trinajstić information content (AvgIpc) is 3.88. The van der Waals surface area contributed by atoms with Gasteiger partial charge in [-0.05, 0) is 87.3 Å². The molecule has 12 aromatic rings. The predicted molar refractivity (Wildman–Crippen MR) is 262 cm³/mol. The van der Waals surface area contributed by atoms with E-state index < -0.39 is 0 Å². The van der Waals surface area contributed by atoms with E-state index in [-0.39, 0.29) is 0 Å². The van der Waals surface area contributed by atoms with Crippen molar-refractivity contribution in [3.8, 4) is 44.6 Å². The molecule has 0 N–H and O–H groups in total. The number of rotatable bonds is 7. The van der Waals surface area contributed by atoms with Crippen molar-refractivity contribution >= 4 is 75.8 Å². The normalized spacial score (nSPS) is 11.6. The Bertz CT molecular complexity index is 3550. The van der Waals surface area contributed by atoms with Gasteiger partial charge >= 0.3 is 0 Å². The highest BCUT2D eigenvalue weighted by atomic mass is 32.1. The zero-order chi connectivity index (χ0) is 40.3. The molecule has 0 unspecified atom stereocenters. The van der Waals surface area contributed by atoms with Crippen molar-refractivity contribution < 1.29 is 0 Å². The van der Waals surface area contributed by atoms with Crippen LogP contribution in [0.2, 0.25) is 0 Å². The van der Waals surface area contributed by atoms with Crippen LogP contribution in [0, 0.1) is 0 Å². The zero-order valence-electron chi connectivity index (χ0n) is 33.2. The van der Waals surface area contributed by atoms with E-state index in [0.29, 0.717) is 0 Å². The number of pyridine rings is 1. The van der Waals surface area contributed by atoms with Crippen LogP contribution in [0.1, 0.15) is 0 Å². The van der Waals surface area contributed by atoms with Crippen LogP contribution in [0.3, 0.4) is 0 Å². The van der Waals surface area contributed by atoms with Gasteiger partial charge in [0.05, 0.1) is 27.1 Å². The van der Waals surface area contributed by atoms with Gasteiger partial charge in [-0.25, -0.2) is 0 Å². The molecule has 3 aromatic heterocycles. The minimum absolute atomic E-state index is 1.10. The third-order valence-electron chi connectivity index (χ3n) is 12.2. The van der Waals surface area contributed by atoms with Crippen LogP contribution in [-0.4, -0.2) is 4.40 Å². The maximum absolute atomic E-state index is 2.48. The first kappa shape index (κ1) is 35.2. The fraction of sp³-hybridized carbons (Fsp3) is 0. The molecule has 9 aromatic carbocycles. The molecule has 3 heteroatoms. The Kier molecular flexibility index (Phi) is 8.39. The number of para-hydroxylation sites is 1. The van der Waals surface area contributed by atoms with Gasteiger partial charge in [0.25, 0.3) is 0 Å². The van der Waals surface area contributed by atoms with Crippen molar-refractivity contribution in [1.29, 1.82) is 0 Å². The van der Waals surface area contributed by atoms with Gasteiger partial charge in [0.1, 0.15) is 0 Å². The molecule has 0 aliphatic rings. The Balaban J connectivity index is 1.02. The second-order valence-electron chi connectivity index (χ2n) is 15.7. The van der Waals surface area contributed by atoms with Crippen LogP contribution >= 0.6 is 11.3 Å². The number of nitrogens with zero attached hydrogens (tertiary/aromatic N) is 2. The summed E-state index contributed by atoms with van der Waals surface area (Å²) in [6.45, 7) is 0. The largest absolute Gasteiger partial charge is 0.309 e. The van der Waals surface area contributed by atoms with Crippen LogP contribution in [0.25, 0.3) is 92.0 Å². The second kappa shape index (κ2) is 14.5. The Hall–Kier alpha value is -7.72. The fourth-order valence-corrected chi connectivity index (χ4v) is 10.5. The molecule has 0 fully saturated rings. The second-order valence-corrected chi connectivity index (χ2v) is 16.7. The van der Waals surface area contributed by atoms with Crippen LogP contribution in [0.5, 0.6) is 0 Å². The number of fused-ring (bicyclic) bond motifs is 7.